The fourth-order valence-corrected chi connectivity index (χ4v) is 4.92. The molecule has 0 saturated heterocycles. The normalized spacial score (nSPS) is 22.1. The van der Waals surface area contributed by atoms with Gasteiger partial charge in [-0.15, -0.1) is 6.42 Å². The van der Waals surface area contributed by atoms with E-state index in [0.717, 1.165) is 29.4 Å². The molecule has 1 aliphatic heterocycles. The average molecular weight is 291 g/mol. The van der Waals surface area contributed by atoms with Crippen LogP contribution in [0.3, 0.4) is 0 Å². The van der Waals surface area contributed by atoms with Crippen LogP contribution in [0.1, 0.15) is 18.4 Å². The summed E-state index contributed by atoms with van der Waals surface area (Å²) in [5.74, 6) is 0. The van der Waals surface area contributed by atoms with Crippen molar-refractivity contribution in [1.82, 2.24) is 0 Å². The minimum Gasteiger partial charge on any atom is -0.278 e. The maximum atomic E-state index is 13.3. The van der Waals surface area contributed by atoms with E-state index in [2.05, 4.69) is 16.5 Å². The Hall–Kier alpha value is -1.01. The Labute approximate surface area is 139 Å². The Morgan fingerprint density at radius 3 is 2.29 bits per heavy atom. The molecule has 1 heterocycles. The van der Waals surface area contributed by atoms with Crippen LogP contribution < -0.4 is 18.9 Å². The summed E-state index contributed by atoms with van der Waals surface area (Å²) in [4.78, 5) is 0.852. The van der Waals surface area contributed by atoms with Crippen LogP contribution >= 0.6 is 0 Å². The van der Waals surface area contributed by atoms with Crippen LogP contribution in [0.2, 0.25) is 0 Å². The van der Waals surface area contributed by atoms with Gasteiger partial charge in [-0.3, -0.25) is 8.57 Å². The molecule has 0 bridgehead atoms. The SMILES string of the molecule is O=S1(c2ccccc2)=NCCC[C-]1Cc1ccccc1.[Li+]. The molecule has 1 unspecified atom stereocenters. The van der Waals surface area contributed by atoms with Gasteiger partial charge in [0, 0.05) is 11.4 Å². The fraction of sp³-hybridized carbons (Fsp3) is 0.235. The molecular weight excluding hydrogens is 273 g/mol. The zero-order chi connectivity index (χ0) is 13.8. The van der Waals surface area contributed by atoms with E-state index in [9.17, 15) is 4.21 Å². The van der Waals surface area contributed by atoms with Crippen molar-refractivity contribution in [3.05, 3.63) is 71.5 Å². The molecule has 3 rings (SSSR count). The van der Waals surface area contributed by atoms with Gasteiger partial charge in [-0.2, -0.15) is 6.42 Å². The molecule has 21 heavy (non-hydrogen) atoms. The van der Waals surface area contributed by atoms with E-state index in [1.807, 2.05) is 48.5 Å². The largest absolute Gasteiger partial charge is 1.00 e. The smallest absolute Gasteiger partial charge is 0.278 e. The molecule has 1 atom stereocenters. The van der Waals surface area contributed by atoms with Crippen molar-refractivity contribution >= 4 is 9.73 Å². The van der Waals surface area contributed by atoms with Gasteiger partial charge in [0.2, 0.25) is 0 Å². The topological polar surface area (TPSA) is 29.4 Å². The van der Waals surface area contributed by atoms with Crippen molar-refractivity contribution in [2.45, 2.75) is 24.2 Å². The van der Waals surface area contributed by atoms with Crippen molar-refractivity contribution in [3.8, 4) is 0 Å². The number of hydrogen-bond donors (Lipinski definition) is 0. The summed E-state index contributed by atoms with van der Waals surface area (Å²) in [7, 11) is -2.37. The fourth-order valence-electron chi connectivity index (χ4n) is 2.55. The maximum Gasteiger partial charge on any atom is 1.00 e. The molecule has 0 spiro atoms. The second kappa shape index (κ2) is 7.31. The first-order valence-electron chi connectivity index (χ1n) is 6.96. The Bertz CT molecular complexity index is 678. The van der Waals surface area contributed by atoms with Crippen LogP contribution in [0.4, 0.5) is 0 Å². The van der Waals surface area contributed by atoms with Crippen LogP contribution in [0.5, 0.6) is 0 Å². The molecule has 0 amide bonds. The molecule has 2 aromatic rings. The Morgan fingerprint density at radius 2 is 1.62 bits per heavy atom. The van der Waals surface area contributed by atoms with Gasteiger partial charge in [-0.05, 0) is 12.1 Å². The van der Waals surface area contributed by atoms with Gasteiger partial charge in [-0.1, -0.05) is 70.2 Å². The van der Waals surface area contributed by atoms with Gasteiger partial charge < -0.3 is 0 Å². The van der Waals surface area contributed by atoms with Crippen molar-refractivity contribution in [3.63, 3.8) is 0 Å². The van der Waals surface area contributed by atoms with Crippen LogP contribution in [-0.4, -0.2) is 10.8 Å². The number of nitrogens with zero attached hydrogens (tertiary/aromatic N) is 1. The Kier molecular flexibility index (Phi) is 5.70. The molecule has 0 radical (unpaired) electrons. The Balaban J connectivity index is 0.00000161. The van der Waals surface area contributed by atoms with Crippen molar-refractivity contribution in [2.75, 3.05) is 6.54 Å². The molecule has 2 aromatic carbocycles. The number of hydrogen-bond acceptors (Lipinski definition) is 2. The second-order valence-corrected chi connectivity index (χ2v) is 7.35. The van der Waals surface area contributed by atoms with E-state index in [-0.39, 0.29) is 18.9 Å². The molecule has 0 fully saturated rings. The zero-order valence-electron chi connectivity index (χ0n) is 12.4. The van der Waals surface area contributed by atoms with E-state index < -0.39 is 9.73 Å². The van der Waals surface area contributed by atoms with Gasteiger partial charge in [0.1, 0.15) is 0 Å². The minimum absolute atomic E-state index is 0. The molecule has 1 aliphatic rings. The second-order valence-electron chi connectivity index (χ2n) is 5.00. The molecule has 104 valence electrons. The third kappa shape index (κ3) is 3.60. The zero-order valence-corrected chi connectivity index (χ0v) is 13.2. The molecule has 0 N–H and O–H groups in total. The molecular formula is C17H18LiNOS. The minimum atomic E-state index is -2.37. The first-order chi connectivity index (χ1) is 9.79. The number of rotatable bonds is 3. The average Bonchev–Trinajstić information content (AvgIpc) is 2.52. The maximum absolute atomic E-state index is 13.3. The first-order valence-corrected chi connectivity index (χ1v) is 8.47. The summed E-state index contributed by atoms with van der Waals surface area (Å²) in [6.45, 7) is 0.700. The predicted molar refractivity (Wildman–Crippen MR) is 82.8 cm³/mol. The Morgan fingerprint density at radius 1 is 1.00 bits per heavy atom. The van der Waals surface area contributed by atoms with E-state index in [0.29, 0.717) is 6.54 Å². The van der Waals surface area contributed by atoms with Crippen molar-refractivity contribution < 1.29 is 23.1 Å². The van der Waals surface area contributed by atoms with Gasteiger partial charge in [0.05, 0.1) is 0 Å². The van der Waals surface area contributed by atoms with Gasteiger partial charge in [0.15, 0.2) is 0 Å². The van der Waals surface area contributed by atoms with Gasteiger partial charge in [-0.25, -0.2) is 5.25 Å². The van der Waals surface area contributed by atoms with Crippen LogP contribution in [-0.2, 0) is 16.1 Å². The summed E-state index contributed by atoms with van der Waals surface area (Å²) >= 11 is 0. The van der Waals surface area contributed by atoms with Crippen LogP contribution in [0.15, 0.2) is 69.9 Å². The summed E-state index contributed by atoms with van der Waals surface area (Å²) in [5, 5.41) is 1.07. The summed E-state index contributed by atoms with van der Waals surface area (Å²) in [6, 6.07) is 19.9. The predicted octanol–water partition coefficient (Wildman–Crippen LogP) is 1.09. The third-order valence-corrected chi connectivity index (χ3v) is 6.17. The molecule has 0 saturated carbocycles. The van der Waals surface area contributed by atoms with Gasteiger partial charge in [0.25, 0.3) is 0 Å². The number of benzene rings is 2. The monoisotopic (exact) mass is 291 g/mol. The summed E-state index contributed by atoms with van der Waals surface area (Å²) in [6.07, 6.45) is 2.68. The summed E-state index contributed by atoms with van der Waals surface area (Å²) in [5.41, 5.74) is 1.21. The third-order valence-electron chi connectivity index (χ3n) is 3.58. The first kappa shape index (κ1) is 16.4. The summed E-state index contributed by atoms with van der Waals surface area (Å²) < 4.78 is 17.8. The van der Waals surface area contributed by atoms with E-state index in [4.69, 9.17) is 0 Å². The molecule has 0 aliphatic carbocycles. The van der Waals surface area contributed by atoms with Crippen molar-refractivity contribution in [1.29, 1.82) is 0 Å². The van der Waals surface area contributed by atoms with E-state index >= 15 is 0 Å². The van der Waals surface area contributed by atoms with Crippen LogP contribution in [0, 0.1) is 5.25 Å². The van der Waals surface area contributed by atoms with Crippen molar-refractivity contribution in [2.24, 2.45) is 4.36 Å². The quantitative estimate of drug-likeness (QED) is 0.615. The standard InChI is InChI=1S/C17H18NOS.Li/c19-20(16-10-5-2-6-11-16)17(12-7-13-18-20)14-15-8-3-1-4-9-15;/h1-6,8-11H,7,12-14H2;/q-1;+1. The molecule has 0 aromatic heterocycles. The van der Waals surface area contributed by atoms with E-state index in [1.165, 1.54) is 5.56 Å². The molecule has 4 heteroatoms. The van der Waals surface area contributed by atoms with Crippen LogP contribution in [0.25, 0.3) is 0 Å². The van der Waals surface area contributed by atoms with Gasteiger partial charge >= 0.3 is 18.9 Å². The molecule has 2 nitrogen and oxygen atoms in total. The van der Waals surface area contributed by atoms with E-state index in [1.54, 1.807) is 0 Å².